The molecule has 0 aromatic rings. The van der Waals surface area contributed by atoms with E-state index >= 15 is 0 Å². The highest BCUT2D eigenvalue weighted by Crippen LogP contribution is 2.07. The van der Waals surface area contributed by atoms with Crippen molar-refractivity contribution in [2.75, 3.05) is 14.1 Å². The number of carboxylic acid groups (broad SMARTS) is 1. The SMILES string of the molecule is CCCCCCCCCC.CN(C)C(=O)O. The molecule has 16 heavy (non-hydrogen) atoms. The molecule has 0 aromatic carbocycles. The summed E-state index contributed by atoms with van der Waals surface area (Å²) >= 11 is 0. The van der Waals surface area contributed by atoms with Crippen LogP contribution in [0.3, 0.4) is 0 Å². The van der Waals surface area contributed by atoms with Crippen LogP contribution in [0.15, 0.2) is 0 Å². The first-order valence-corrected chi connectivity index (χ1v) is 6.46. The zero-order chi connectivity index (χ0) is 12.8. The fourth-order valence-corrected chi connectivity index (χ4v) is 1.21. The maximum atomic E-state index is 9.62. The Kier molecular flexibility index (Phi) is 15.7. The van der Waals surface area contributed by atoms with Crippen molar-refractivity contribution in [2.24, 2.45) is 0 Å². The number of amides is 1. The van der Waals surface area contributed by atoms with Crippen LogP contribution in [0.25, 0.3) is 0 Å². The second-order valence-corrected chi connectivity index (χ2v) is 4.30. The molecule has 0 saturated heterocycles. The highest BCUT2D eigenvalue weighted by Gasteiger charge is 1.92. The van der Waals surface area contributed by atoms with Crippen LogP contribution in [0.2, 0.25) is 0 Å². The van der Waals surface area contributed by atoms with E-state index in [1.807, 2.05) is 0 Å². The second kappa shape index (κ2) is 14.3. The Bertz CT molecular complexity index is 139. The van der Waals surface area contributed by atoms with Crippen LogP contribution in [-0.2, 0) is 0 Å². The molecule has 0 rings (SSSR count). The van der Waals surface area contributed by atoms with Gasteiger partial charge in [0.25, 0.3) is 0 Å². The molecular weight excluding hydrogens is 202 g/mol. The molecule has 1 N–H and O–H groups in total. The Morgan fingerprint density at radius 1 is 0.875 bits per heavy atom. The molecule has 0 fully saturated rings. The number of carbonyl (C=O) groups is 1. The van der Waals surface area contributed by atoms with E-state index in [-0.39, 0.29) is 0 Å². The minimum Gasteiger partial charge on any atom is -0.465 e. The lowest BCUT2D eigenvalue weighted by Gasteiger charge is -1.99. The summed E-state index contributed by atoms with van der Waals surface area (Å²) in [5, 5.41) is 7.92. The third kappa shape index (κ3) is 18.9. The van der Waals surface area contributed by atoms with Gasteiger partial charge in [0, 0.05) is 14.1 Å². The van der Waals surface area contributed by atoms with Gasteiger partial charge >= 0.3 is 6.09 Å². The van der Waals surface area contributed by atoms with Gasteiger partial charge in [-0.3, -0.25) is 0 Å². The molecule has 0 saturated carbocycles. The Hall–Kier alpha value is -0.730. The number of hydrogen-bond donors (Lipinski definition) is 1. The van der Waals surface area contributed by atoms with Crippen LogP contribution in [0, 0.1) is 0 Å². The highest BCUT2D eigenvalue weighted by molar-refractivity contribution is 5.63. The van der Waals surface area contributed by atoms with Gasteiger partial charge in [0.05, 0.1) is 0 Å². The molecular formula is C13H29NO2. The summed E-state index contributed by atoms with van der Waals surface area (Å²) in [6, 6.07) is 0. The van der Waals surface area contributed by atoms with Crippen LogP contribution in [0.4, 0.5) is 4.79 Å². The standard InChI is InChI=1S/C10H22.C3H7NO2/c1-3-5-7-9-10-8-6-4-2;1-4(2)3(5)6/h3-10H2,1-2H3;1-2H3,(H,5,6). The largest absolute Gasteiger partial charge is 0.465 e. The van der Waals surface area contributed by atoms with Gasteiger partial charge in [0.2, 0.25) is 0 Å². The Balaban J connectivity index is 0. The first kappa shape index (κ1) is 17.7. The van der Waals surface area contributed by atoms with E-state index in [9.17, 15) is 4.79 Å². The third-order valence-corrected chi connectivity index (χ3v) is 2.34. The van der Waals surface area contributed by atoms with E-state index < -0.39 is 6.09 Å². The molecule has 0 heterocycles. The van der Waals surface area contributed by atoms with Crippen molar-refractivity contribution in [1.29, 1.82) is 0 Å². The van der Waals surface area contributed by atoms with Crippen molar-refractivity contribution in [3.05, 3.63) is 0 Å². The quantitative estimate of drug-likeness (QED) is 0.661. The molecule has 3 heteroatoms. The first-order valence-electron chi connectivity index (χ1n) is 6.46. The lowest BCUT2D eigenvalue weighted by Crippen LogP contribution is -2.18. The minimum atomic E-state index is -0.907. The monoisotopic (exact) mass is 231 g/mol. The summed E-state index contributed by atoms with van der Waals surface area (Å²) in [5.74, 6) is 0. The number of rotatable bonds is 7. The van der Waals surface area contributed by atoms with E-state index in [0.717, 1.165) is 4.90 Å². The molecule has 0 aliphatic rings. The van der Waals surface area contributed by atoms with E-state index in [4.69, 9.17) is 5.11 Å². The van der Waals surface area contributed by atoms with Gasteiger partial charge < -0.3 is 10.0 Å². The molecule has 0 bridgehead atoms. The summed E-state index contributed by atoms with van der Waals surface area (Å²) < 4.78 is 0. The van der Waals surface area contributed by atoms with Crippen LogP contribution < -0.4 is 0 Å². The predicted molar refractivity (Wildman–Crippen MR) is 70.0 cm³/mol. The maximum Gasteiger partial charge on any atom is 0.406 e. The minimum absolute atomic E-state index is 0.907. The van der Waals surface area contributed by atoms with Gasteiger partial charge in [-0.1, -0.05) is 65.2 Å². The van der Waals surface area contributed by atoms with E-state index in [0.29, 0.717) is 0 Å². The predicted octanol–water partition coefficient (Wildman–Crippen LogP) is 4.37. The average Bonchev–Trinajstić information content (AvgIpc) is 2.24. The zero-order valence-electron chi connectivity index (χ0n) is 11.5. The zero-order valence-corrected chi connectivity index (χ0v) is 11.5. The van der Waals surface area contributed by atoms with Gasteiger partial charge in [0.1, 0.15) is 0 Å². The van der Waals surface area contributed by atoms with Crippen molar-refractivity contribution in [2.45, 2.75) is 65.2 Å². The maximum absolute atomic E-state index is 9.62. The van der Waals surface area contributed by atoms with E-state index in [2.05, 4.69) is 13.8 Å². The van der Waals surface area contributed by atoms with Crippen molar-refractivity contribution >= 4 is 6.09 Å². The van der Waals surface area contributed by atoms with Crippen molar-refractivity contribution < 1.29 is 9.90 Å². The van der Waals surface area contributed by atoms with E-state index in [1.165, 1.54) is 65.5 Å². The van der Waals surface area contributed by atoms with Gasteiger partial charge in [-0.15, -0.1) is 0 Å². The molecule has 0 aliphatic carbocycles. The molecule has 98 valence electrons. The normalized spacial score (nSPS) is 9.25. The lowest BCUT2D eigenvalue weighted by atomic mass is 10.1. The molecule has 0 unspecified atom stereocenters. The van der Waals surface area contributed by atoms with Crippen LogP contribution in [0.1, 0.15) is 65.2 Å². The Morgan fingerprint density at radius 3 is 1.31 bits per heavy atom. The topological polar surface area (TPSA) is 40.5 Å². The Morgan fingerprint density at radius 2 is 1.12 bits per heavy atom. The summed E-state index contributed by atoms with van der Waals surface area (Å²) in [5.41, 5.74) is 0. The second-order valence-electron chi connectivity index (χ2n) is 4.30. The summed E-state index contributed by atoms with van der Waals surface area (Å²) in [4.78, 5) is 10.7. The van der Waals surface area contributed by atoms with Crippen LogP contribution in [0.5, 0.6) is 0 Å². The van der Waals surface area contributed by atoms with Gasteiger partial charge in [-0.25, -0.2) is 4.79 Å². The molecule has 3 nitrogen and oxygen atoms in total. The Labute approximate surface area is 101 Å². The van der Waals surface area contributed by atoms with Gasteiger partial charge in [-0.2, -0.15) is 0 Å². The number of hydrogen-bond acceptors (Lipinski definition) is 1. The van der Waals surface area contributed by atoms with Crippen LogP contribution in [-0.4, -0.2) is 30.2 Å². The molecule has 0 aromatic heterocycles. The van der Waals surface area contributed by atoms with Crippen molar-refractivity contribution in [3.8, 4) is 0 Å². The number of unbranched alkanes of at least 4 members (excludes halogenated alkanes) is 7. The lowest BCUT2D eigenvalue weighted by molar-refractivity contribution is 0.165. The van der Waals surface area contributed by atoms with E-state index in [1.54, 1.807) is 0 Å². The summed E-state index contributed by atoms with van der Waals surface area (Å²) in [7, 11) is 2.95. The van der Waals surface area contributed by atoms with Gasteiger partial charge in [-0.05, 0) is 0 Å². The third-order valence-electron chi connectivity index (χ3n) is 2.34. The summed E-state index contributed by atoms with van der Waals surface area (Å²) in [6.07, 6.45) is 10.6. The molecule has 0 spiro atoms. The fourth-order valence-electron chi connectivity index (χ4n) is 1.21. The van der Waals surface area contributed by atoms with Crippen molar-refractivity contribution in [1.82, 2.24) is 4.90 Å². The fraction of sp³-hybridized carbons (Fsp3) is 0.923. The summed E-state index contributed by atoms with van der Waals surface area (Å²) in [6.45, 7) is 4.54. The molecule has 1 amide bonds. The van der Waals surface area contributed by atoms with Gasteiger partial charge in [0.15, 0.2) is 0 Å². The van der Waals surface area contributed by atoms with Crippen LogP contribution >= 0.6 is 0 Å². The average molecular weight is 231 g/mol. The molecule has 0 atom stereocenters. The molecule has 0 radical (unpaired) electrons. The molecule has 0 aliphatic heterocycles. The highest BCUT2D eigenvalue weighted by atomic mass is 16.4. The number of nitrogens with zero attached hydrogens (tertiary/aromatic N) is 1. The first-order chi connectivity index (χ1) is 7.56. The smallest absolute Gasteiger partial charge is 0.406 e. The van der Waals surface area contributed by atoms with Crippen molar-refractivity contribution in [3.63, 3.8) is 0 Å².